The van der Waals surface area contributed by atoms with Gasteiger partial charge in [0.25, 0.3) is 0 Å². The van der Waals surface area contributed by atoms with Crippen LogP contribution in [-0.2, 0) is 20.9 Å². The van der Waals surface area contributed by atoms with E-state index in [-0.39, 0.29) is 24.3 Å². The lowest BCUT2D eigenvalue weighted by Crippen LogP contribution is -2.33. The summed E-state index contributed by atoms with van der Waals surface area (Å²) in [5, 5.41) is 8.12. The molecule has 1 atom stereocenters. The number of hydrogen-bond acceptors (Lipinski definition) is 6. The van der Waals surface area contributed by atoms with Crippen LogP contribution in [-0.4, -0.2) is 29.3 Å². The van der Waals surface area contributed by atoms with Crippen LogP contribution in [0.5, 0.6) is 0 Å². The Morgan fingerprint density at radius 1 is 1.26 bits per heavy atom. The minimum Gasteiger partial charge on any atom is -0.458 e. The molecule has 0 radical (unpaired) electrons. The highest BCUT2D eigenvalue weighted by atomic mass is 35.5. The zero-order chi connectivity index (χ0) is 22.0. The predicted octanol–water partition coefficient (Wildman–Crippen LogP) is 3.68. The number of aromatic nitrogens is 1. The number of furan rings is 1. The summed E-state index contributed by atoms with van der Waals surface area (Å²) < 4.78 is 5.67. The maximum atomic E-state index is 12.7. The molecule has 31 heavy (non-hydrogen) atoms. The lowest BCUT2D eigenvalue weighted by Gasteiger charge is -2.16. The number of carbonyl (C=O) groups excluding carboxylic acids is 3. The lowest BCUT2D eigenvalue weighted by atomic mass is 10.1. The second kappa shape index (κ2) is 8.91. The van der Waals surface area contributed by atoms with E-state index in [1.54, 1.807) is 46.7 Å². The van der Waals surface area contributed by atoms with Gasteiger partial charge in [0.15, 0.2) is 10.9 Å². The standard InChI is InChI=1S/C21H19ClN4O4S/c1-12(27)23-10-15-6-7-18(30-15)17-11-31-21(24-17)25-19(28)16-8-9-26(20(16)29)14-4-2-13(22)3-5-14/h2-7,11,16H,8-10H2,1H3,(H,23,27)(H,24,25,28). The summed E-state index contributed by atoms with van der Waals surface area (Å²) in [5.74, 6) is -0.410. The first kappa shape index (κ1) is 21.1. The second-order valence-electron chi connectivity index (χ2n) is 7.01. The molecule has 2 aromatic heterocycles. The van der Waals surface area contributed by atoms with Crippen molar-refractivity contribution >= 4 is 51.5 Å². The average Bonchev–Trinajstić information content (AvgIpc) is 3.47. The molecule has 3 heterocycles. The Kier molecular flexibility index (Phi) is 6.06. The number of hydrogen-bond donors (Lipinski definition) is 2. The summed E-state index contributed by atoms with van der Waals surface area (Å²) in [6.45, 7) is 2.19. The molecule has 10 heteroatoms. The van der Waals surface area contributed by atoms with Crippen LogP contribution in [0.2, 0.25) is 5.02 Å². The monoisotopic (exact) mass is 458 g/mol. The minimum absolute atomic E-state index is 0.146. The fraction of sp³-hybridized carbons (Fsp3) is 0.238. The maximum absolute atomic E-state index is 12.7. The second-order valence-corrected chi connectivity index (χ2v) is 8.30. The highest BCUT2D eigenvalue weighted by Crippen LogP contribution is 2.29. The fourth-order valence-corrected chi connectivity index (χ4v) is 4.09. The van der Waals surface area contributed by atoms with E-state index in [1.807, 2.05) is 0 Å². The molecule has 0 bridgehead atoms. The lowest BCUT2D eigenvalue weighted by molar-refractivity contribution is -0.129. The Balaban J connectivity index is 1.38. The number of rotatable bonds is 6. The Morgan fingerprint density at radius 3 is 2.77 bits per heavy atom. The summed E-state index contributed by atoms with van der Waals surface area (Å²) in [7, 11) is 0. The van der Waals surface area contributed by atoms with Crippen LogP contribution in [0.4, 0.5) is 10.8 Å². The minimum atomic E-state index is -0.768. The molecule has 1 saturated heterocycles. The van der Waals surface area contributed by atoms with E-state index >= 15 is 0 Å². The molecule has 3 aromatic rings. The average molecular weight is 459 g/mol. The van der Waals surface area contributed by atoms with E-state index in [9.17, 15) is 14.4 Å². The summed E-state index contributed by atoms with van der Waals surface area (Å²) >= 11 is 7.15. The van der Waals surface area contributed by atoms with Gasteiger partial charge in [-0.3, -0.25) is 14.4 Å². The van der Waals surface area contributed by atoms with Gasteiger partial charge in [0.2, 0.25) is 17.7 Å². The van der Waals surface area contributed by atoms with Crippen molar-refractivity contribution in [2.24, 2.45) is 5.92 Å². The number of carbonyl (C=O) groups is 3. The van der Waals surface area contributed by atoms with Crippen LogP contribution < -0.4 is 15.5 Å². The van der Waals surface area contributed by atoms with Gasteiger partial charge in [-0.15, -0.1) is 11.3 Å². The molecule has 0 aliphatic carbocycles. The van der Waals surface area contributed by atoms with E-state index in [0.717, 1.165) is 0 Å². The predicted molar refractivity (Wildman–Crippen MR) is 118 cm³/mol. The van der Waals surface area contributed by atoms with Crippen LogP contribution in [0.1, 0.15) is 19.1 Å². The quantitative estimate of drug-likeness (QED) is 0.548. The van der Waals surface area contributed by atoms with Crippen LogP contribution >= 0.6 is 22.9 Å². The molecule has 1 aliphatic heterocycles. The van der Waals surface area contributed by atoms with Crippen molar-refractivity contribution in [1.29, 1.82) is 0 Å². The van der Waals surface area contributed by atoms with E-state index in [4.69, 9.17) is 16.0 Å². The first-order chi connectivity index (χ1) is 14.9. The van der Waals surface area contributed by atoms with Crippen LogP contribution in [0.25, 0.3) is 11.5 Å². The van der Waals surface area contributed by atoms with Gasteiger partial charge in [0.05, 0.1) is 6.54 Å². The molecular weight excluding hydrogens is 440 g/mol. The van der Waals surface area contributed by atoms with Gasteiger partial charge in [0, 0.05) is 29.6 Å². The number of benzene rings is 1. The van der Waals surface area contributed by atoms with Crippen molar-refractivity contribution < 1.29 is 18.8 Å². The van der Waals surface area contributed by atoms with E-state index in [2.05, 4.69) is 15.6 Å². The Morgan fingerprint density at radius 2 is 2.03 bits per heavy atom. The smallest absolute Gasteiger partial charge is 0.239 e. The molecular formula is C21H19ClN4O4S. The Bertz CT molecular complexity index is 1120. The first-order valence-corrected chi connectivity index (χ1v) is 10.8. The molecule has 4 rings (SSSR count). The number of nitrogens with one attached hydrogen (secondary N) is 2. The van der Waals surface area contributed by atoms with Crippen LogP contribution in [0, 0.1) is 5.92 Å². The normalized spacial score (nSPS) is 15.9. The van der Waals surface area contributed by atoms with Gasteiger partial charge in [-0.05, 0) is 42.8 Å². The van der Waals surface area contributed by atoms with Gasteiger partial charge in [-0.25, -0.2) is 4.98 Å². The highest BCUT2D eigenvalue weighted by molar-refractivity contribution is 7.14. The number of nitrogens with zero attached hydrogens (tertiary/aromatic N) is 2. The summed E-state index contributed by atoms with van der Waals surface area (Å²) in [5.41, 5.74) is 1.28. The molecule has 1 aromatic carbocycles. The van der Waals surface area contributed by atoms with Crippen molar-refractivity contribution in [2.75, 3.05) is 16.8 Å². The van der Waals surface area contributed by atoms with Crippen molar-refractivity contribution in [2.45, 2.75) is 19.9 Å². The third-order valence-electron chi connectivity index (χ3n) is 4.82. The third kappa shape index (κ3) is 4.78. The molecule has 0 saturated carbocycles. The number of halogens is 1. The molecule has 1 aliphatic rings. The SMILES string of the molecule is CC(=O)NCc1ccc(-c2csc(NC(=O)C3CCN(c4ccc(Cl)cc4)C3=O)n2)o1. The topological polar surface area (TPSA) is 105 Å². The van der Waals surface area contributed by atoms with Crippen LogP contribution in [0.3, 0.4) is 0 Å². The van der Waals surface area contributed by atoms with Crippen LogP contribution in [0.15, 0.2) is 46.2 Å². The number of amides is 3. The zero-order valence-electron chi connectivity index (χ0n) is 16.6. The molecule has 1 fully saturated rings. The Hall–Kier alpha value is -3.17. The van der Waals surface area contributed by atoms with E-state index < -0.39 is 5.92 Å². The number of thiazole rings is 1. The number of anilines is 2. The summed E-state index contributed by atoms with van der Waals surface area (Å²) in [4.78, 5) is 42.4. The van der Waals surface area contributed by atoms with E-state index in [1.165, 1.54) is 18.3 Å². The fourth-order valence-electron chi connectivity index (χ4n) is 3.26. The molecule has 0 spiro atoms. The zero-order valence-corrected chi connectivity index (χ0v) is 18.1. The van der Waals surface area contributed by atoms with Crippen molar-refractivity contribution in [3.63, 3.8) is 0 Å². The summed E-state index contributed by atoms with van der Waals surface area (Å²) in [6, 6.07) is 10.5. The molecule has 3 amide bonds. The highest BCUT2D eigenvalue weighted by Gasteiger charge is 2.37. The Labute approximate surface area is 187 Å². The largest absolute Gasteiger partial charge is 0.458 e. The van der Waals surface area contributed by atoms with Gasteiger partial charge in [-0.1, -0.05) is 11.6 Å². The van der Waals surface area contributed by atoms with Gasteiger partial charge >= 0.3 is 0 Å². The first-order valence-electron chi connectivity index (χ1n) is 9.57. The van der Waals surface area contributed by atoms with Crippen molar-refractivity contribution in [1.82, 2.24) is 10.3 Å². The molecule has 160 valence electrons. The van der Waals surface area contributed by atoms with Gasteiger partial charge < -0.3 is 20.0 Å². The van der Waals surface area contributed by atoms with E-state index in [0.29, 0.717) is 46.0 Å². The molecule has 8 nitrogen and oxygen atoms in total. The van der Waals surface area contributed by atoms with Gasteiger partial charge in [0.1, 0.15) is 17.4 Å². The van der Waals surface area contributed by atoms with Gasteiger partial charge in [-0.2, -0.15) is 0 Å². The maximum Gasteiger partial charge on any atom is 0.239 e. The van der Waals surface area contributed by atoms with Crippen molar-refractivity contribution in [3.8, 4) is 11.5 Å². The third-order valence-corrected chi connectivity index (χ3v) is 5.83. The molecule has 1 unspecified atom stereocenters. The summed E-state index contributed by atoms with van der Waals surface area (Å²) in [6.07, 6.45) is 0.427. The van der Waals surface area contributed by atoms with Crippen molar-refractivity contribution in [3.05, 3.63) is 52.6 Å². The molecule has 2 N–H and O–H groups in total.